The van der Waals surface area contributed by atoms with Gasteiger partial charge in [-0.3, -0.25) is 4.79 Å². The molecule has 4 heteroatoms. The van der Waals surface area contributed by atoms with Crippen molar-refractivity contribution in [3.8, 4) is 5.75 Å². The average Bonchev–Trinajstić information content (AvgIpc) is 2.91. The van der Waals surface area contributed by atoms with Gasteiger partial charge in [-0.1, -0.05) is 0 Å². The van der Waals surface area contributed by atoms with Gasteiger partial charge in [0.15, 0.2) is 5.78 Å². The molecule has 114 valence electrons. The highest BCUT2D eigenvalue weighted by molar-refractivity contribution is 6.05. The van der Waals surface area contributed by atoms with Crippen molar-refractivity contribution in [2.24, 2.45) is 0 Å². The van der Waals surface area contributed by atoms with E-state index in [2.05, 4.69) is 0 Å². The fourth-order valence-electron chi connectivity index (χ4n) is 3.69. The highest BCUT2D eigenvalue weighted by atomic mass is 16.5. The Morgan fingerprint density at radius 3 is 2.64 bits per heavy atom. The number of carbonyl (C=O) groups is 1. The van der Waals surface area contributed by atoms with Crippen molar-refractivity contribution in [3.05, 3.63) is 38.7 Å². The normalized spacial score (nSPS) is 19.0. The molecule has 0 bridgehead atoms. The minimum Gasteiger partial charge on any atom is -0.486 e. The Bertz CT molecular complexity index is 886. The third kappa shape index (κ3) is 1.76. The third-order valence-corrected chi connectivity index (χ3v) is 4.71. The molecule has 0 spiro atoms. The first-order chi connectivity index (χ1) is 10.4. The van der Waals surface area contributed by atoms with E-state index in [0.717, 1.165) is 41.3 Å². The molecule has 4 rings (SSSR count). The van der Waals surface area contributed by atoms with Crippen LogP contribution in [0.25, 0.3) is 11.0 Å². The lowest BCUT2D eigenvalue weighted by Crippen LogP contribution is -2.36. The predicted octanol–water partition coefficient (Wildman–Crippen LogP) is 3.33. The zero-order valence-corrected chi connectivity index (χ0v) is 13.0. The van der Waals surface area contributed by atoms with Gasteiger partial charge in [-0.2, -0.15) is 0 Å². The minimum atomic E-state index is -0.528. The fourth-order valence-corrected chi connectivity index (χ4v) is 3.69. The topological polar surface area (TPSA) is 56.5 Å². The molecule has 0 unspecified atom stereocenters. The van der Waals surface area contributed by atoms with Crippen LogP contribution < -0.4 is 10.4 Å². The maximum absolute atomic E-state index is 12.5. The Hall–Kier alpha value is -2.10. The molecule has 1 aromatic heterocycles. The SMILES string of the molecule is Cc1c2c(cc3c4c(c(=O)oc13)CCC4)C(=O)CC(C)(C)O2. The molecular weight excluding hydrogens is 280 g/mol. The van der Waals surface area contributed by atoms with Crippen molar-refractivity contribution in [1.29, 1.82) is 0 Å². The first kappa shape index (κ1) is 13.6. The summed E-state index contributed by atoms with van der Waals surface area (Å²) in [5.74, 6) is 0.657. The summed E-state index contributed by atoms with van der Waals surface area (Å²) in [7, 11) is 0. The molecule has 0 amide bonds. The largest absolute Gasteiger partial charge is 0.486 e. The van der Waals surface area contributed by atoms with Crippen LogP contribution in [0.1, 0.15) is 53.7 Å². The van der Waals surface area contributed by atoms with Gasteiger partial charge in [-0.15, -0.1) is 0 Å². The Morgan fingerprint density at radius 1 is 1.14 bits per heavy atom. The summed E-state index contributed by atoms with van der Waals surface area (Å²) in [6, 6.07) is 1.86. The number of fused-ring (bicyclic) bond motifs is 4. The molecule has 0 N–H and O–H groups in total. The van der Waals surface area contributed by atoms with Crippen LogP contribution in [0.3, 0.4) is 0 Å². The van der Waals surface area contributed by atoms with E-state index in [-0.39, 0.29) is 11.4 Å². The van der Waals surface area contributed by atoms with Crippen molar-refractivity contribution in [1.82, 2.24) is 0 Å². The third-order valence-electron chi connectivity index (χ3n) is 4.71. The Kier molecular flexibility index (Phi) is 2.60. The summed E-state index contributed by atoms with van der Waals surface area (Å²) in [5.41, 5.74) is 2.98. The Balaban J connectivity index is 2.10. The van der Waals surface area contributed by atoms with E-state index >= 15 is 0 Å². The number of ether oxygens (including phenoxy) is 1. The molecule has 0 radical (unpaired) electrons. The molecule has 22 heavy (non-hydrogen) atoms. The zero-order valence-electron chi connectivity index (χ0n) is 13.0. The molecule has 2 aromatic rings. The second-order valence-corrected chi connectivity index (χ2v) is 6.92. The molecule has 2 heterocycles. The van der Waals surface area contributed by atoms with Gasteiger partial charge in [-0.05, 0) is 51.7 Å². The van der Waals surface area contributed by atoms with Crippen molar-refractivity contribution in [3.63, 3.8) is 0 Å². The second-order valence-electron chi connectivity index (χ2n) is 6.92. The van der Waals surface area contributed by atoms with Gasteiger partial charge in [-0.25, -0.2) is 4.79 Å². The van der Waals surface area contributed by atoms with E-state index in [0.29, 0.717) is 23.3 Å². The highest BCUT2D eigenvalue weighted by Crippen LogP contribution is 2.41. The molecule has 0 saturated carbocycles. The van der Waals surface area contributed by atoms with Crippen LogP contribution in [0, 0.1) is 6.92 Å². The number of hydrogen-bond acceptors (Lipinski definition) is 4. The summed E-state index contributed by atoms with van der Waals surface area (Å²) in [5, 5.41) is 0.903. The number of Topliss-reactive ketones (excluding diaryl/α,β-unsaturated/α-hetero) is 1. The molecule has 0 atom stereocenters. The van der Waals surface area contributed by atoms with Crippen LogP contribution in [0.2, 0.25) is 0 Å². The summed E-state index contributed by atoms with van der Waals surface area (Å²) in [6.45, 7) is 5.66. The lowest BCUT2D eigenvalue weighted by atomic mass is 9.89. The summed E-state index contributed by atoms with van der Waals surface area (Å²) >= 11 is 0. The van der Waals surface area contributed by atoms with Gasteiger partial charge in [0, 0.05) is 16.5 Å². The maximum Gasteiger partial charge on any atom is 0.339 e. The second kappa shape index (κ2) is 4.22. The van der Waals surface area contributed by atoms with E-state index in [1.54, 1.807) is 0 Å². The number of aryl methyl sites for hydroxylation is 2. The lowest BCUT2D eigenvalue weighted by Gasteiger charge is -2.32. The van der Waals surface area contributed by atoms with Gasteiger partial charge < -0.3 is 9.15 Å². The molecule has 2 aliphatic rings. The number of rotatable bonds is 0. The quantitative estimate of drug-likeness (QED) is 0.700. The van der Waals surface area contributed by atoms with Crippen LogP contribution in [-0.4, -0.2) is 11.4 Å². The first-order valence-electron chi connectivity index (χ1n) is 7.72. The van der Waals surface area contributed by atoms with Crippen molar-refractivity contribution < 1.29 is 13.9 Å². The van der Waals surface area contributed by atoms with Crippen molar-refractivity contribution in [2.75, 3.05) is 0 Å². The summed E-state index contributed by atoms with van der Waals surface area (Å²) < 4.78 is 11.6. The van der Waals surface area contributed by atoms with E-state index < -0.39 is 5.60 Å². The predicted molar refractivity (Wildman–Crippen MR) is 82.9 cm³/mol. The molecule has 0 fully saturated rings. The van der Waals surface area contributed by atoms with Gasteiger partial charge in [0.25, 0.3) is 0 Å². The minimum absolute atomic E-state index is 0.0918. The average molecular weight is 298 g/mol. The van der Waals surface area contributed by atoms with Crippen LogP contribution in [0.4, 0.5) is 0 Å². The molecular formula is C18H18O4. The number of carbonyl (C=O) groups excluding carboxylic acids is 1. The van der Waals surface area contributed by atoms with Crippen LogP contribution >= 0.6 is 0 Å². The van der Waals surface area contributed by atoms with Crippen LogP contribution in [0.15, 0.2) is 15.3 Å². The fraction of sp³-hybridized carbons (Fsp3) is 0.444. The van der Waals surface area contributed by atoms with Gasteiger partial charge >= 0.3 is 5.63 Å². The van der Waals surface area contributed by atoms with Crippen LogP contribution in [-0.2, 0) is 12.8 Å². The summed E-state index contributed by atoms with van der Waals surface area (Å²) in [4.78, 5) is 24.7. The first-order valence-corrected chi connectivity index (χ1v) is 7.72. The number of ketones is 1. The van der Waals surface area contributed by atoms with E-state index in [1.807, 2.05) is 26.8 Å². The summed E-state index contributed by atoms with van der Waals surface area (Å²) in [6.07, 6.45) is 2.97. The molecule has 1 aliphatic carbocycles. The Morgan fingerprint density at radius 2 is 1.86 bits per heavy atom. The highest BCUT2D eigenvalue weighted by Gasteiger charge is 2.35. The molecule has 0 saturated heterocycles. The molecule has 1 aliphatic heterocycles. The molecule has 1 aromatic carbocycles. The monoisotopic (exact) mass is 298 g/mol. The van der Waals surface area contributed by atoms with Crippen LogP contribution in [0.5, 0.6) is 5.75 Å². The van der Waals surface area contributed by atoms with E-state index in [1.165, 1.54) is 0 Å². The van der Waals surface area contributed by atoms with Gasteiger partial charge in [0.1, 0.15) is 16.9 Å². The number of benzene rings is 1. The standard InChI is InChI=1S/C18H18O4/c1-9-15-12(10-5-4-6-11(10)17(20)21-15)7-13-14(19)8-18(2,3)22-16(9)13/h7H,4-6,8H2,1-3H3. The van der Waals surface area contributed by atoms with Crippen molar-refractivity contribution >= 4 is 16.8 Å². The van der Waals surface area contributed by atoms with E-state index in [9.17, 15) is 9.59 Å². The van der Waals surface area contributed by atoms with Gasteiger partial charge in [0.2, 0.25) is 0 Å². The zero-order chi connectivity index (χ0) is 15.6. The number of hydrogen-bond donors (Lipinski definition) is 0. The Labute approximate surface area is 128 Å². The lowest BCUT2D eigenvalue weighted by molar-refractivity contribution is 0.0616. The maximum atomic E-state index is 12.5. The van der Waals surface area contributed by atoms with Gasteiger partial charge in [0.05, 0.1) is 12.0 Å². The van der Waals surface area contributed by atoms with Crippen molar-refractivity contribution in [2.45, 2.75) is 52.1 Å². The smallest absolute Gasteiger partial charge is 0.339 e. The van der Waals surface area contributed by atoms with E-state index in [4.69, 9.17) is 9.15 Å². The molecule has 4 nitrogen and oxygen atoms in total.